The summed E-state index contributed by atoms with van der Waals surface area (Å²) in [4.78, 5) is 2.05. The highest BCUT2D eigenvalue weighted by Gasteiger charge is 2.08. The molecule has 0 spiro atoms. The van der Waals surface area contributed by atoms with Crippen LogP contribution in [0.15, 0.2) is 23.4 Å². The highest BCUT2D eigenvalue weighted by Crippen LogP contribution is 2.19. The molecule has 0 unspecified atom stereocenters. The van der Waals surface area contributed by atoms with Crippen LogP contribution in [0.4, 0.5) is 0 Å². The molecular weight excluding hydrogens is 238 g/mol. The van der Waals surface area contributed by atoms with Crippen molar-refractivity contribution in [2.45, 2.75) is 20.4 Å². The van der Waals surface area contributed by atoms with Gasteiger partial charge in [0, 0.05) is 11.6 Å². The number of rotatable bonds is 5. The number of benzene rings is 1. The SMILES string of the molecule is CCN(C/C(N)=N/O)Cc1ccc(C)cc1Cl. The van der Waals surface area contributed by atoms with Crippen LogP contribution in [0, 0.1) is 6.92 Å². The van der Waals surface area contributed by atoms with Crippen molar-refractivity contribution in [2.24, 2.45) is 10.9 Å². The fraction of sp³-hybridized carbons (Fsp3) is 0.417. The van der Waals surface area contributed by atoms with E-state index in [4.69, 9.17) is 22.5 Å². The third-order valence-corrected chi connectivity index (χ3v) is 2.92. The predicted molar refractivity (Wildman–Crippen MR) is 70.5 cm³/mol. The second-order valence-corrected chi connectivity index (χ2v) is 4.40. The van der Waals surface area contributed by atoms with E-state index in [1.165, 1.54) is 0 Å². The molecular formula is C12H18ClN3O. The van der Waals surface area contributed by atoms with Crippen molar-refractivity contribution in [3.8, 4) is 0 Å². The first kappa shape index (κ1) is 13.8. The Labute approximate surface area is 107 Å². The lowest BCUT2D eigenvalue weighted by molar-refractivity contribution is 0.294. The van der Waals surface area contributed by atoms with Gasteiger partial charge in [-0.05, 0) is 30.7 Å². The second-order valence-electron chi connectivity index (χ2n) is 3.99. The van der Waals surface area contributed by atoms with Gasteiger partial charge in [-0.3, -0.25) is 4.90 Å². The van der Waals surface area contributed by atoms with Gasteiger partial charge in [0.25, 0.3) is 0 Å². The highest BCUT2D eigenvalue weighted by molar-refractivity contribution is 6.31. The maximum absolute atomic E-state index is 8.55. The standard InChI is InChI=1S/C12H18ClN3O/c1-3-16(8-12(14)15-17)7-10-5-4-9(2)6-11(10)13/h4-6,17H,3,7-8H2,1-2H3,(H2,14,15). The molecule has 1 aromatic rings. The summed E-state index contributed by atoms with van der Waals surface area (Å²) in [6, 6.07) is 5.97. The third kappa shape index (κ3) is 4.24. The Morgan fingerprint density at radius 1 is 1.53 bits per heavy atom. The zero-order valence-corrected chi connectivity index (χ0v) is 10.9. The Morgan fingerprint density at radius 3 is 2.76 bits per heavy atom. The molecule has 0 aromatic heterocycles. The topological polar surface area (TPSA) is 61.8 Å². The summed E-state index contributed by atoms with van der Waals surface area (Å²) in [5, 5.41) is 12.3. The van der Waals surface area contributed by atoms with Gasteiger partial charge in [0.05, 0.1) is 6.54 Å². The minimum absolute atomic E-state index is 0.204. The molecule has 0 aliphatic carbocycles. The molecule has 0 heterocycles. The van der Waals surface area contributed by atoms with E-state index in [2.05, 4.69) is 5.16 Å². The van der Waals surface area contributed by atoms with Crippen LogP contribution in [-0.4, -0.2) is 29.0 Å². The Kier molecular flexibility index (Phi) is 5.25. The molecule has 0 aliphatic rings. The summed E-state index contributed by atoms with van der Waals surface area (Å²) in [7, 11) is 0. The first-order chi connectivity index (χ1) is 8.06. The van der Waals surface area contributed by atoms with Gasteiger partial charge in [0.15, 0.2) is 5.84 Å². The molecule has 17 heavy (non-hydrogen) atoms. The fourth-order valence-electron chi connectivity index (χ4n) is 1.56. The quantitative estimate of drug-likeness (QED) is 0.367. The zero-order chi connectivity index (χ0) is 12.8. The van der Waals surface area contributed by atoms with Gasteiger partial charge in [-0.1, -0.05) is 35.8 Å². The zero-order valence-electron chi connectivity index (χ0n) is 10.2. The summed E-state index contributed by atoms with van der Waals surface area (Å²) in [5.74, 6) is 0.204. The number of aryl methyl sites for hydroxylation is 1. The van der Waals surface area contributed by atoms with Gasteiger partial charge in [-0.25, -0.2) is 0 Å². The molecule has 0 radical (unpaired) electrons. The van der Waals surface area contributed by atoms with Crippen molar-refractivity contribution in [3.05, 3.63) is 34.3 Å². The number of hydrogen-bond donors (Lipinski definition) is 2. The lowest BCUT2D eigenvalue weighted by Crippen LogP contribution is -2.33. The van der Waals surface area contributed by atoms with Crippen LogP contribution in [0.1, 0.15) is 18.1 Å². The van der Waals surface area contributed by atoms with Crippen LogP contribution in [0.5, 0.6) is 0 Å². The van der Waals surface area contributed by atoms with Crippen LogP contribution in [-0.2, 0) is 6.54 Å². The number of amidine groups is 1. The van der Waals surface area contributed by atoms with Crippen LogP contribution in [0.2, 0.25) is 5.02 Å². The number of oxime groups is 1. The fourth-order valence-corrected chi connectivity index (χ4v) is 1.86. The van der Waals surface area contributed by atoms with E-state index in [1.54, 1.807) is 0 Å². The van der Waals surface area contributed by atoms with E-state index in [9.17, 15) is 0 Å². The molecule has 0 saturated carbocycles. The summed E-state index contributed by atoms with van der Waals surface area (Å²) < 4.78 is 0. The second kappa shape index (κ2) is 6.47. The van der Waals surface area contributed by atoms with Crippen molar-refractivity contribution in [1.82, 2.24) is 4.90 Å². The van der Waals surface area contributed by atoms with Gasteiger partial charge < -0.3 is 10.9 Å². The molecule has 0 saturated heterocycles. The minimum Gasteiger partial charge on any atom is -0.409 e. The molecule has 0 aliphatic heterocycles. The van der Waals surface area contributed by atoms with Gasteiger partial charge in [0.1, 0.15) is 0 Å². The van der Waals surface area contributed by atoms with E-state index in [1.807, 2.05) is 36.9 Å². The monoisotopic (exact) mass is 255 g/mol. The first-order valence-corrected chi connectivity index (χ1v) is 5.88. The molecule has 0 fully saturated rings. The Bertz CT molecular complexity index is 407. The Morgan fingerprint density at radius 2 is 2.24 bits per heavy atom. The number of hydrogen-bond acceptors (Lipinski definition) is 3. The normalized spacial score (nSPS) is 12.1. The summed E-state index contributed by atoms with van der Waals surface area (Å²) in [5.41, 5.74) is 7.67. The summed E-state index contributed by atoms with van der Waals surface area (Å²) >= 11 is 6.16. The van der Waals surface area contributed by atoms with E-state index < -0.39 is 0 Å². The molecule has 0 bridgehead atoms. The molecule has 0 amide bonds. The third-order valence-electron chi connectivity index (χ3n) is 2.56. The number of nitrogens with two attached hydrogens (primary N) is 1. The lowest BCUT2D eigenvalue weighted by Gasteiger charge is -2.20. The van der Waals surface area contributed by atoms with E-state index in [-0.39, 0.29) is 5.84 Å². The maximum atomic E-state index is 8.55. The Balaban J connectivity index is 2.73. The van der Waals surface area contributed by atoms with Crippen molar-refractivity contribution < 1.29 is 5.21 Å². The van der Waals surface area contributed by atoms with Crippen LogP contribution in [0.25, 0.3) is 0 Å². The van der Waals surface area contributed by atoms with Crippen molar-refractivity contribution in [2.75, 3.05) is 13.1 Å². The van der Waals surface area contributed by atoms with Gasteiger partial charge >= 0.3 is 0 Å². The first-order valence-electron chi connectivity index (χ1n) is 5.50. The Hall–Kier alpha value is -1.26. The molecule has 94 valence electrons. The van der Waals surface area contributed by atoms with Crippen molar-refractivity contribution in [3.63, 3.8) is 0 Å². The lowest BCUT2D eigenvalue weighted by atomic mass is 10.1. The average Bonchev–Trinajstić information content (AvgIpc) is 2.31. The number of halogens is 1. The highest BCUT2D eigenvalue weighted by atomic mass is 35.5. The molecule has 4 nitrogen and oxygen atoms in total. The molecule has 1 rings (SSSR count). The van der Waals surface area contributed by atoms with Gasteiger partial charge in [-0.2, -0.15) is 0 Å². The molecule has 5 heteroatoms. The average molecular weight is 256 g/mol. The summed E-state index contributed by atoms with van der Waals surface area (Å²) in [6.45, 7) is 5.94. The molecule has 3 N–H and O–H groups in total. The van der Waals surface area contributed by atoms with Crippen LogP contribution < -0.4 is 5.73 Å². The maximum Gasteiger partial charge on any atom is 0.153 e. The van der Waals surface area contributed by atoms with Gasteiger partial charge in [0.2, 0.25) is 0 Å². The number of nitrogens with zero attached hydrogens (tertiary/aromatic N) is 2. The van der Waals surface area contributed by atoms with Crippen LogP contribution in [0.3, 0.4) is 0 Å². The number of likely N-dealkylation sites (N-methyl/N-ethyl adjacent to an activating group) is 1. The molecule has 0 atom stereocenters. The van der Waals surface area contributed by atoms with Crippen molar-refractivity contribution in [1.29, 1.82) is 0 Å². The smallest absolute Gasteiger partial charge is 0.153 e. The molecule has 1 aromatic carbocycles. The largest absolute Gasteiger partial charge is 0.409 e. The van der Waals surface area contributed by atoms with Crippen LogP contribution >= 0.6 is 11.6 Å². The van der Waals surface area contributed by atoms with E-state index in [0.29, 0.717) is 13.1 Å². The van der Waals surface area contributed by atoms with Gasteiger partial charge in [-0.15, -0.1) is 0 Å². The van der Waals surface area contributed by atoms with E-state index >= 15 is 0 Å². The predicted octanol–water partition coefficient (Wildman–Crippen LogP) is 2.22. The summed E-state index contributed by atoms with van der Waals surface area (Å²) in [6.07, 6.45) is 0. The minimum atomic E-state index is 0.204. The van der Waals surface area contributed by atoms with Crippen molar-refractivity contribution >= 4 is 17.4 Å². The van der Waals surface area contributed by atoms with E-state index in [0.717, 1.165) is 22.7 Å².